The molecule has 0 spiro atoms. The molecule has 1 heterocycles. The summed E-state index contributed by atoms with van der Waals surface area (Å²) < 4.78 is 18.5. The minimum Gasteiger partial charge on any atom is -0.497 e. The Balaban J connectivity index is 1.63. The molecule has 0 atom stereocenters. The van der Waals surface area contributed by atoms with Gasteiger partial charge in [0.1, 0.15) is 11.6 Å². The number of hydrogen-bond acceptors (Lipinski definition) is 3. The van der Waals surface area contributed by atoms with Crippen molar-refractivity contribution in [1.82, 2.24) is 9.88 Å². The fourth-order valence-corrected chi connectivity index (χ4v) is 3.82. The van der Waals surface area contributed by atoms with Gasteiger partial charge in [-0.1, -0.05) is 24.3 Å². The Morgan fingerprint density at radius 2 is 1.76 bits per heavy atom. The first kappa shape index (κ1) is 22.5. The minimum atomic E-state index is -0.320. The molecule has 0 amide bonds. The molecule has 0 radical (unpaired) electrons. The lowest BCUT2D eigenvalue weighted by Gasteiger charge is -2.26. The lowest BCUT2D eigenvalue weighted by molar-refractivity contribution is 0.406. The minimum absolute atomic E-state index is 0.155. The van der Waals surface area contributed by atoms with E-state index >= 15 is 0 Å². The van der Waals surface area contributed by atoms with Gasteiger partial charge in [-0.3, -0.25) is 4.79 Å². The van der Waals surface area contributed by atoms with E-state index in [1.54, 1.807) is 19.2 Å². The second kappa shape index (κ2) is 9.83. The average molecular weight is 462 g/mol. The summed E-state index contributed by atoms with van der Waals surface area (Å²) in [6.07, 6.45) is 0. The van der Waals surface area contributed by atoms with Crippen LogP contribution < -0.4 is 15.6 Å². The second-order valence-corrected chi connectivity index (χ2v) is 8.24. The van der Waals surface area contributed by atoms with E-state index in [0.29, 0.717) is 29.5 Å². The third-order valence-corrected chi connectivity index (χ3v) is 5.72. The normalized spacial score (nSPS) is 10.8. The number of halogens is 1. The number of fused-ring (bicyclic) bond motifs is 1. The van der Waals surface area contributed by atoms with Crippen LogP contribution in [0.3, 0.4) is 0 Å². The molecule has 0 aliphatic rings. The van der Waals surface area contributed by atoms with Gasteiger partial charge in [-0.05, 0) is 84.2 Å². The van der Waals surface area contributed by atoms with Crippen LogP contribution in [0.2, 0.25) is 0 Å². The number of aromatic amines is 1. The van der Waals surface area contributed by atoms with E-state index in [-0.39, 0.29) is 11.4 Å². The van der Waals surface area contributed by atoms with E-state index in [1.807, 2.05) is 60.4 Å². The highest BCUT2D eigenvalue weighted by Gasteiger charge is 2.15. The molecule has 0 fully saturated rings. The number of aromatic nitrogens is 1. The molecule has 4 rings (SSSR count). The zero-order chi connectivity index (χ0) is 23.4. The lowest BCUT2D eigenvalue weighted by Crippen LogP contribution is -2.35. The molecule has 7 heteroatoms. The molecule has 33 heavy (non-hydrogen) atoms. The van der Waals surface area contributed by atoms with E-state index in [1.165, 1.54) is 12.1 Å². The molecule has 168 valence electrons. The molecule has 0 aliphatic carbocycles. The summed E-state index contributed by atoms with van der Waals surface area (Å²) in [5.74, 6) is 0.443. The molecule has 0 unspecified atom stereocenters. The molecule has 1 aromatic heterocycles. The van der Waals surface area contributed by atoms with Crippen molar-refractivity contribution in [3.8, 4) is 5.75 Å². The topological polar surface area (TPSA) is 57.4 Å². The van der Waals surface area contributed by atoms with Crippen LogP contribution in [0.1, 0.15) is 16.7 Å². The maximum Gasteiger partial charge on any atom is 0.253 e. The first-order chi connectivity index (χ1) is 15.9. The van der Waals surface area contributed by atoms with E-state index in [2.05, 4.69) is 10.3 Å². The number of hydrogen-bond donors (Lipinski definition) is 2. The monoisotopic (exact) mass is 461 g/mol. The summed E-state index contributed by atoms with van der Waals surface area (Å²) in [5, 5.41) is 4.54. The summed E-state index contributed by atoms with van der Waals surface area (Å²) in [7, 11) is 1.62. The molecule has 5 nitrogen and oxygen atoms in total. The van der Waals surface area contributed by atoms with Crippen molar-refractivity contribution in [2.75, 3.05) is 12.4 Å². The quantitative estimate of drug-likeness (QED) is 0.378. The predicted octanol–water partition coefficient (Wildman–Crippen LogP) is 5.38. The van der Waals surface area contributed by atoms with E-state index in [4.69, 9.17) is 17.0 Å². The zero-order valence-corrected chi connectivity index (χ0v) is 19.2. The van der Waals surface area contributed by atoms with Crippen LogP contribution in [0.4, 0.5) is 10.1 Å². The Bertz CT molecular complexity index is 1330. The average Bonchev–Trinajstić information content (AvgIpc) is 2.81. The highest BCUT2D eigenvalue weighted by atomic mass is 32.1. The van der Waals surface area contributed by atoms with Crippen molar-refractivity contribution < 1.29 is 9.13 Å². The van der Waals surface area contributed by atoms with E-state index in [0.717, 1.165) is 27.8 Å². The van der Waals surface area contributed by atoms with E-state index < -0.39 is 0 Å². The van der Waals surface area contributed by atoms with Gasteiger partial charge < -0.3 is 19.9 Å². The molecule has 2 N–H and O–H groups in total. The van der Waals surface area contributed by atoms with Gasteiger partial charge in [0.15, 0.2) is 5.11 Å². The summed E-state index contributed by atoms with van der Waals surface area (Å²) in [5.41, 5.74) is 4.01. The van der Waals surface area contributed by atoms with Crippen LogP contribution in [-0.4, -0.2) is 22.1 Å². The first-order valence-electron chi connectivity index (χ1n) is 10.5. The first-order valence-corrected chi connectivity index (χ1v) is 10.9. The third-order valence-electron chi connectivity index (χ3n) is 5.35. The Kier molecular flexibility index (Phi) is 6.70. The number of methoxy groups -OCH3 is 1. The lowest BCUT2D eigenvalue weighted by atomic mass is 10.1. The number of aryl methyl sites for hydroxylation is 1. The van der Waals surface area contributed by atoms with Gasteiger partial charge in [-0.15, -0.1) is 0 Å². The summed E-state index contributed by atoms with van der Waals surface area (Å²) >= 11 is 5.68. The number of pyridine rings is 1. The molecule has 4 aromatic rings. The van der Waals surface area contributed by atoms with Gasteiger partial charge in [-0.2, -0.15) is 0 Å². The molecule has 0 bridgehead atoms. The fraction of sp³-hybridized carbons (Fsp3) is 0.154. The number of thiocarbonyl (C=S) groups is 1. The van der Waals surface area contributed by atoms with Crippen LogP contribution in [-0.2, 0) is 13.1 Å². The maximum absolute atomic E-state index is 13.3. The molecule has 0 saturated carbocycles. The molecular weight excluding hydrogens is 437 g/mol. The fourth-order valence-electron chi connectivity index (χ4n) is 3.57. The van der Waals surface area contributed by atoms with Crippen molar-refractivity contribution in [3.63, 3.8) is 0 Å². The van der Waals surface area contributed by atoms with Crippen molar-refractivity contribution in [2.45, 2.75) is 20.0 Å². The highest BCUT2D eigenvalue weighted by molar-refractivity contribution is 7.80. The number of rotatable bonds is 6. The summed E-state index contributed by atoms with van der Waals surface area (Å²) in [6, 6.07) is 21.5. The zero-order valence-electron chi connectivity index (χ0n) is 18.4. The standard InChI is InChI=1S/C26H24FN3O2S/c1-17-3-6-19-14-20(25(31)29-24(19)13-17)16-30(15-18-4-11-23(32-2)12-5-18)26(33)28-22-9-7-21(27)8-10-22/h3-14H,15-16H2,1-2H3,(H,28,33)(H,29,31). The van der Waals surface area contributed by atoms with Crippen molar-refractivity contribution in [1.29, 1.82) is 0 Å². The largest absolute Gasteiger partial charge is 0.497 e. The Morgan fingerprint density at radius 3 is 2.45 bits per heavy atom. The maximum atomic E-state index is 13.3. The second-order valence-electron chi connectivity index (χ2n) is 7.86. The molecule has 3 aromatic carbocycles. The van der Waals surface area contributed by atoms with Gasteiger partial charge in [0, 0.05) is 23.3 Å². The SMILES string of the molecule is COc1ccc(CN(Cc2cc3ccc(C)cc3[nH]c2=O)C(=S)Nc2ccc(F)cc2)cc1. The molecule has 0 saturated heterocycles. The predicted molar refractivity (Wildman–Crippen MR) is 134 cm³/mol. The Morgan fingerprint density at radius 1 is 1.03 bits per heavy atom. The number of nitrogens with one attached hydrogen (secondary N) is 2. The smallest absolute Gasteiger partial charge is 0.253 e. The number of nitrogens with zero attached hydrogens (tertiary/aromatic N) is 1. The van der Waals surface area contributed by atoms with Gasteiger partial charge >= 0.3 is 0 Å². The number of ether oxygens (including phenoxy) is 1. The van der Waals surface area contributed by atoms with Gasteiger partial charge in [0.05, 0.1) is 13.7 Å². The Hall–Kier alpha value is -3.71. The van der Waals surface area contributed by atoms with Crippen LogP contribution in [0, 0.1) is 12.7 Å². The molecular formula is C26H24FN3O2S. The van der Waals surface area contributed by atoms with E-state index in [9.17, 15) is 9.18 Å². The summed E-state index contributed by atoms with van der Waals surface area (Å²) in [6.45, 7) is 2.77. The highest BCUT2D eigenvalue weighted by Crippen LogP contribution is 2.18. The van der Waals surface area contributed by atoms with Crippen molar-refractivity contribution in [3.05, 3.63) is 106 Å². The van der Waals surface area contributed by atoms with Gasteiger partial charge in [-0.25, -0.2) is 4.39 Å². The van der Waals surface area contributed by atoms with Crippen LogP contribution >= 0.6 is 12.2 Å². The molecule has 0 aliphatic heterocycles. The number of H-pyrrole nitrogens is 1. The van der Waals surface area contributed by atoms with Crippen LogP contribution in [0.5, 0.6) is 5.75 Å². The van der Waals surface area contributed by atoms with Crippen molar-refractivity contribution >= 4 is 33.9 Å². The Labute approximate surface area is 196 Å². The van der Waals surface area contributed by atoms with Gasteiger partial charge in [0.25, 0.3) is 5.56 Å². The number of anilines is 1. The third kappa shape index (κ3) is 5.56. The van der Waals surface area contributed by atoms with Crippen molar-refractivity contribution in [2.24, 2.45) is 0 Å². The van der Waals surface area contributed by atoms with Crippen LogP contribution in [0.25, 0.3) is 10.9 Å². The number of benzene rings is 3. The summed E-state index contributed by atoms with van der Waals surface area (Å²) in [4.78, 5) is 17.7. The van der Waals surface area contributed by atoms with Gasteiger partial charge in [0.2, 0.25) is 0 Å². The van der Waals surface area contributed by atoms with Crippen LogP contribution in [0.15, 0.2) is 77.6 Å².